The van der Waals surface area contributed by atoms with E-state index in [0.29, 0.717) is 5.82 Å². The lowest BCUT2D eigenvalue weighted by Crippen LogP contribution is -2.39. The van der Waals surface area contributed by atoms with E-state index in [0.717, 1.165) is 31.8 Å². The van der Waals surface area contributed by atoms with Gasteiger partial charge in [0.2, 0.25) is 0 Å². The van der Waals surface area contributed by atoms with Crippen LogP contribution in [0.4, 0.5) is 0 Å². The zero-order valence-electron chi connectivity index (χ0n) is 9.31. The number of carbonyl (C=O) groups is 1. The van der Waals surface area contributed by atoms with E-state index in [1.54, 1.807) is 17.0 Å². The van der Waals surface area contributed by atoms with Gasteiger partial charge in [-0.25, -0.2) is 4.98 Å². The molecule has 0 saturated carbocycles. The Balaban J connectivity index is 2.06. The van der Waals surface area contributed by atoms with Crippen LogP contribution in [-0.2, 0) is 7.05 Å². The lowest BCUT2D eigenvalue weighted by atomic mass is 9.99. The second kappa shape index (κ2) is 4.04. The molecule has 0 radical (unpaired) electrons. The zero-order valence-corrected chi connectivity index (χ0v) is 9.31. The number of carbonyl (C=O) groups excluding carboxylic acids is 1. The van der Waals surface area contributed by atoms with Crippen LogP contribution in [-0.4, -0.2) is 33.4 Å². The molecule has 1 fully saturated rings. The third kappa shape index (κ3) is 2.03. The smallest absolute Gasteiger partial charge is 0.289 e. The average molecular weight is 207 g/mol. The van der Waals surface area contributed by atoms with Crippen molar-refractivity contribution < 1.29 is 4.79 Å². The Kier molecular flexibility index (Phi) is 2.75. The van der Waals surface area contributed by atoms with E-state index < -0.39 is 0 Å². The van der Waals surface area contributed by atoms with Crippen LogP contribution in [0.2, 0.25) is 0 Å². The largest absolute Gasteiger partial charge is 0.336 e. The molecule has 0 unspecified atom stereocenters. The highest BCUT2D eigenvalue weighted by molar-refractivity contribution is 5.90. The van der Waals surface area contributed by atoms with Gasteiger partial charge in [0, 0.05) is 32.5 Å². The highest BCUT2D eigenvalue weighted by atomic mass is 16.2. The quantitative estimate of drug-likeness (QED) is 0.696. The van der Waals surface area contributed by atoms with Crippen molar-refractivity contribution in [3.05, 3.63) is 18.2 Å². The van der Waals surface area contributed by atoms with Crippen molar-refractivity contribution in [2.45, 2.75) is 19.8 Å². The van der Waals surface area contributed by atoms with Crippen molar-refractivity contribution in [3.63, 3.8) is 0 Å². The fraction of sp³-hybridized carbons (Fsp3) is 0.636. The molecule has 1 amide bonds. The predicted octanol–water partition coefficient (Wildman–Crippen LogP) is 1.29. The summed E-state index contributed by atoms with van der Waals surface area (Å²) in [5.41, 5.74) is 0. The van der Waals surface area contributed by atoms with Crippen molar-refractivity contribution in [1.29, 1.82) is 0 Å². The minimum Gasteiger partial charge on any atom is -0.336 e. The normalized spacial score (nSPS) is 18.1. The Morgan fingerprint density at radius 3 is 2.67 bits per heavy atom. The van der Waals surface area contributed by atoms with Gasteiger partial charge in [0.15, 0.2) is 5.82 Å². The number of likely N-dealkylation sites (tertiary alicyclic amines) is 1. The highest BCUT2D eigenvalue weighted by Crippen LogP contribution is 2.17. The summed E-state index contributed by atoms with van der Waals surface area (Å²) >= 11 is 0. The molecular formula is C11H17N3O. The third-order valence-electron chi connectivity index (χ3n) is 3.08. The molecule has 2 heterocycles. The van der Waals surface area contributed by atoms with Crippen LogP contribution < -0.4 is 0 Å². The van der Waals surface area contributed by atoms with Gasteiger partial charge in [-0.15, -0.1) is 0 Å². The lowest BCUT2D eigenvalue weighted by molar-refractivity contribution is 0.0681. The van der Waals surface area contributed by atoms with Crippen LogP contribution in [0.3, 0.4) is 0 Å². The molecular weight excluding hydrogens is 190 g/mol. The molecule has 1 aromatic rings. The van der Waals surface area contributed by atoms with Gasteiger partial charge in [-0.2, -0.15) is 0 Å². The highest BCUT2D eigenvalue weighted by Gasteiger charge is 2.23. The average Bonchev–Trinajstić information content (AvgIpc) is 2.65. The minimum atomic E-state index is 0.0643. The maximum Gasteiger partial charge on any atom is 0.289 e. The molecule has 0 aromatic carbocycles. The van der Waals surface area contributed by atoms with Gasteiger partial charge in [-0.3, -0.25) is 4.79 Å². The Labute approximate surface area is 89.9 Å². The number of hydrogen-bond donors (Lipinski definition) is 0. The van der Waals surface area contributed by atoms with Gasteiger partial charge in [-0.1, -0.05) is 6.92 Å². The summed E-state index contributed by atoms with van der Waals surface area (Å²) in [6, 6.07) is 0. The standard InChI is InChI=1S/C11H17N3O/c1-9-3-6-14(7-4-9)11(15)10-12-5-8-13(10)2/h5,8-9H,3-4,6-7H2,1-2H3. The Bertz CT molecular complexity index is 350. The van der Waals surface area contributed by atoms with E-state index in [4.69, 9.17) is 0 Å². The molecule has 2 rings (SSSR count). The van der Waals surface area contributed by atoms with Crippen LogP contribution in [0.15, 0.2) is 12.4 Å². The first-order chi connectivity index (χ1) is 7.18. The van der Waals surface area contributed by atoms with Gasteiger partial charge in [0.25, 0.3) is 5.91 Å². The molecule has 4 heteroatoms. The molecule has 1 saturated heterocycles. The summed E-state index contributed by atoms with van der Waals surface area (Å²) in [4.78, 5) is 18.0. The molecule has 0 atom stereocenters. The van der Waals surface area contributed by atoms with E-state index in [2.05, 4.69) is 11.9 Å². The number of hydrogen-bond acceptors (Lipinski definition) is 2. The van der Waals surface area contributed by atoms with Gasteiger partial charge in [0.1, 0.15) is 0 Å². The van der Waals surface area contributed by atoms with Crippen LogP contribution in [0.1, 0.15) is 30.4 Å². The maximum atomic E-state index is 12.0. The van der Waals surface area contributed by atoms with Crippen LogP contribution in [0, 0.1) is 5.92 Å². The summed E-state index contributed by atoms with van der Waals surface area (Å²) in [7, 11) is 1.85. The fourth-order valence-corrected chi connectivity index (χ4v) is 1.92. The van der Waals surface area contributed by atoms with Gasteiger partial charge in [-0.05, 0) is 18.8 Å². The van der Waals surface area contributed by atoms with Gasteiger partial charge >= 0.3 is 0 Å². The van der Waals surface area contributed by atoms with Crippen molar-refractivity contribution in [3.8, 4) is 0 Å². The van der Waals surface area contributed by atoms with Crippen molar-refractivity contribution >= 4 is 5.91 Å². The topological polar surface area (TPSA) is 38.1 Å². The first-order valence-electron chi connectivity index (χ1n) is 5.45. The zero-order chi connectivity index (χ0) is 10.8. The van der Waals surface area contributed by atoms with E-state index in [9.17, 15) is 4.79 Å². The summed E-state index contributed by atoms with van der Waals surface area (Å²) in [6.07, 6.45) is 5.69. The summed E-state index contributed by atoms with van der Waals surface area (Å²) in [5.74, 6) is 1.36. The van der Waals surface area contributed by atoms with E-state index in [1.807, 2.05) is 11.9 Å². The second-order valence-electron chi connectivity index (χ2n) is 4.34. The first-order valence-corrected chi connectivity index (χ1v) is 5.45. The van der Waals surface area contributed by atoms with Crippen molar-refractivity contribution in [1.82, 2.24) is 14.5 Å². The molecule has 1 aliphatic heterocycles. The fourth-order valence-electron chi connectivity index (χ4n) is 1.92. The Hall–Kier alpha value is -1.32. The van der Waals surface area contributed by atoms with Crippen molar-refractivity contribution in [2.75, 3.05) is 13.1 Å². The molecule has 4 nitrogen and oxygen atoms in total. The predicted molar refractivity (Wildman–Crippen MR) is 57.5 cm³/mol. The Morgan fingerprint density at radius 1 is 1.47 bits per heavy atom. The lowest BCUT2D eigenvalue weighted by Gasteiger charge is -2.29. The summed E-state index contributed by atoms with van der Waals surface area (Å²) in [5, 5.41) is 0. The van der Waals surface area contributed by atoms with Crippen LogP contribution in [0.5, 0.6) is 0 Å². The second-order valence-corrected chi connectivity index (χ2v) is 4.34. The number of imidazole rings is 1. The molecule has 0 bridgehead atoms. The SMILES string of the molecule is CC1CCN(C(=O)c2nccn2C)CC1. The maximum absolute atomic E-state index is 12.0. The molecule has 0 spiro atoms. The molecule has 15 heavy (non-hydrogen) atoms. The number of piperidine rings is 1. The van der Waals surface area contributed by atoms with Crippen LogP contribution in [0.25, 0.3) is 0 Å². The van der Waals surface area contributed by atoms with Gasteiger partial charge in [0.05, 0.1) is 0 Å². The number of aryl methyl sites for hydroxylation is 1. The van der Waals surface area contributed by atoms with Gasteiger partial charge < -0.3 is 9.47 Å². The molecule has 82 valence electrons. The first kappa shape index (κ1) is 10.2. The third-order valence-corrected chi connectivity index (χ3v) is 3.08. The molecule has 1 aliphatic rings. The van der Waals surface area contributed by atoms with Crippen molar-refractivity contribution in [2.24, 2.45) is 13.0 Å². The molecule has 1 aromatic heterocycles. The summed E-state index contributed by atoms with van der Waals surface area (Å²) in [6.45, 7) is 3.97. The Morgan fingerprint density at radius 2 is 2.13 bits per heavy atom. The minimum absolute atomic E-state index is 0.0643. The summed E-state index contributed by atoms with van der Waals surface area (Å²) < 4.78 is 1.78. The number of amides is 1. The monoisotopic (exact) mass is 207 g/mol. The van der Waals surface area contributed by atoms with E-state index in [-0.39, 0.29) is 5.91 Å². The number of rotatable bonds is 1. The van der Waals surface area contributed by atoms with Crippen LogP contribution >= 0.6 is 0 Å². The number of nitrogens with zero attached hydrogens (tertiary/aromatic N) is 3. The molecule has 0 aliphatic carbocycles. The molecule has 0 N–H and O–H groups in total. The number of aromatic nitrogens is 2. The van der Waals surface area contributed by atoms with E-state index in [1.165, 1.54) is 0 Å². The van der Waals surface area contributed by atoms with E-state index >= 15 is 0 Å².